The van der Waals surface area contributed by atoms with Crippen molar-refractivity contribution in [1.82, 2.24) is 24.5 Å². The highest BCUT2D eigenvalue weighted by atomic mass is 19.4. The second-order valence-electron chi connectivity index (χ2n) is 8.19. The Bertz CT molecular complexity index is 1780. The molecule has 7 nitrogen and oxygen atoms in total. The minimum Gasteiger partial charge on any atom is -0.475 e. The van der Waals surface area contributed by atoms with E-state index in [1.54, 1.807) is 18.6 Å². The van der Waals surface area contributed by atoms with Crippen LogP contribution in [0, 0.1) is 5.82 Å². The lowest BCUT2D eigenvalue weighted by Gasteiger charge is -2.07. The number of benzene rings is 1. The molecular formula is C26H17F4N5O2. The van der Waals surface area contributed by atoms with Gasteiger partial charge in [-0.15, -0.1) is 0 Å². The van der Waals surface area contributed by atoms with Crippen LogP contribution in [0.2, 0.25) is 0 Å². The van der Waals surface area contributed by atoms with Crippen LogP contribution < -0.4 is 0 Å². The van der Waals surface area contributed by atoms with E-state index >= 15 is 4.39 Å². The summed E-state index contributed by atoms with van der Waals surface area (Å²) in [6.07, 6.45) is 3.46. The zero-order chi connectivity index (χ0) is 26.3. The number of nitrogens with one attached hydrogen (secondary N) is 1. The number of rotatable bonds is 2. The summed E-state index contributed by atoms with van der Waals surface area (Å²) in [6, 6.07) is 13.8. The van der Waals surface area contributed by atoms with Crippen molar-refractivity contribution >= 4 is 38.8 Å². The SMILES string of the molecule is Cn1ccc2cc(-c3c(F)cnc4[nH]c5cnc(-c6cccnc6)cc5c34)ccc21.O=C(O)C(F)(F)F. The Labute approximate surface area is 206 Å². The Balaban J connectivity index is 0.000000355. The van der Waals surface area contributed by atoms with E-state index in [-0.39, 0.29) is 5.82 Å². The summed E-state index contributed by atoms with van der Waals surface area (Å²) >= 11 is 0. The number of alkyl halides is 3. The summed E-state index contributed by atoms with van der Waals surface area (Å²) in [7, 11) is 2.00. The molecule has 1 aromatic carbocycles. The van der Waals surface area contributed by atoms with Gasteiger partial charge in [-0.2, -0.15) is 13.2 Å². The number of nitrogens with zero attached hydrogens (tertiary/aromatic N) is 4. The Morgan fingerprint density at radius 1 is 1.03 bits per heavy atom. The third kappa shape index (κ3) is 4.46. The number of halogens is 4. The molecule has 6 aromatic rings. The molecule has 0 atom stereocenters. The first-order chi connectivity index (χ1) is 17.6. The standard InChI is InChI=1S/C24H16FN5.C2HF3O2/c1-30-8-6-14-9-15(4-5-21(14)30)22-18(25)12-28-24-23(22)17-10-19(27-13-20(17)29-24)16-3-2-7-26-11-16;3-2(4,5)1(6)7/h2-13H,1H3,(H,28,29);(H,6,7). The van der Waals surface area contributed by atoms with Crippen molar-refractivity contribution < 1.29 is 27.5 Å². The van der Waals surface area contributed by atoms with E-state index in [0.717, 1.165) is 44.0 Å². The summed E-state index contributed by atoms with van der Waals surface area (Å²) in [5.41, 5.74) is 5.61. The molecule has 2 N–H and O–H groups in total. The van der Waals surface area contributed by atoms with Gasteiger partial charge in [-0.3, -0.25) is 9.97 Å². The molecule has 0 aliphatic heterocycles. The first-order valence-corrected chi connectivity index (χ1v) is 10.9. The summed E-state index contributed by atoms with van der Waals surface area (Å²) in [5.74, 6) is -3.11. The number of carboxylic acid groups (broad SMARTS) is 1. The Kier molecular flexibility index (Phi) is 5.82. The monoisotopic (exact) mass is 507 g/mol. The average molecular weight is 507 g/mol. The van der Waals surface area contributed by atoms with E-state index in [1.165, 1.54) is 6.20 Å². The molecular weight excluding hydrogens is 490 g/mol. The first kappa shape index (κ1) is 23.9. The van der Waals surface area contributed by atoms with E-state index in [1.807, 2.05) is 55.7 Å². The van der Waals surface area contributed by atoms with Crippen LogP contribution in [0.4, 0.5) is 17.6 Å². The van der Waals surface area contributed by atoms with Crippen LogP contribution in [-0.4, -0.2) is 41.8 Å². The minimum absolute atomic E-state index is 0.349. The fraction of sp³-hybridized carbons (Fsp3) is 0.0769. The van der Waals surface area contributed by atoms with Gasteiger partial charge in [0.15, 0.2) is 0 Å². The number of aryl methyl sites for hydroxylation is 1. The highest BCUT2D eigenvalue weighted by Gasteiger charge is 2.38. The Morgan fingerprint density at radius 2 is 1.81 bits per heavy atom. The average Bonchev–Trinajstić information content (AvgIpc) is 3.44. The second kappa shape index (κ2) is 9.01. The third-order valence-corrected chi connectivity index (χ3v) is 5.83. The zero-order valence-electron chi connectivity index (χ0n) is 19.1. The van der Waals surface area contributed by atoms with Gasteiger partial charge in [-0.05, 0) is 42.0 Å². The smallest absolute Gasteiger partial charge is 0.475 e. The normalized spacial score (nSPS) is 11.6. The van der Waals surface area contributed by atoms with Gasteiger partial charge in [0.25, 0.3) is 0 Å². The molecule has 0 saturated carbocycles. The van der Waals surface area contributed by atoms with Crippen LogP contribution in [0.5, 0.6) is 0 Å². The van der Waals surface area contributed by atoms with Gasteiger partial charge < -0.3 is 14.7 Å². The molecule has 0 unspecified atom stereocenters. The molecule has 0 saturated heterocycles. The molecule has 37 heavy (non-hydrogen) atoms. The quantitative estimate of drug-likeness (QED) is 0.276. The van der Waals surface area contributed by atoms with Gasteiger partial charge in [0.05, 0.1) is 23.6 Å². The molecule has 0 bridgehead atoms. The van der Waals surface area contributed by atoms with Crippen molar-refractivity contribution in [2.24, 2.45) is 7.05 Å². The van der Waals surface area contributed by atoms with Crippen molar-refractivity contribution in [2.45, 2.75) is 6.18 Å². The number of H-pyrrole nitrogens is 1. The van der Waals surface area contributed by atoms with E-state index in [9.17, 15) is 13.2 Å². The molecule has 0 aliphatic carbocycles. The number of hydrogen-bond acceptors (Lipinski definition) is 4. The van der Waals surface area contributed by atoms with Crippen LogP contribution in [0.3, 0.4) is 0 Å². The van der Waals surface area contributed by atoms with Crippen LogP contribution in [0.1, 0.15) is 0 Å². The lowest BCUT2D eigenvalue weighted by molar-refractivity contribution is -0.192. The summed E-state index contributed by atoms with van der Waals surface area (Å²) in [4.78, 5) is 25.2. The van der Waals surface area contributed by atoms with E-state index in [4.69, 9.17) is 9.90 Å². The Hall–Kier alpha value is -4.80. The van der Waals surface area contributed by atoms with Crippen molar-refractivity contribution in [3.8, 4) is 22.4 Å². The van der Waals surface area contributed by atoms with Crippen molar-refractivity contribution in [2.75, 3.05) is 0 Å². The van der Waals surface area contributed by atoms with Gasteiger partial charge in [-0.25, -0.2) is 14.2 Å². The predicted octanol–water partition coefficient (Wildman–Crippen LogP) is 6.10. The maximum absolute atomic E-state index is 15.1. The number of aromatic nitrogens is 5. The van der Waals surface area contributed by atoms with Gasteiger partial charge in [0, 0.05) is 58.4 Å². The lowest BCUT2D eigenvalue weighted by atomic mass is 9.99. The fourth-order valence-corrected chi connectivity index (χ4v) is 4.13. The largest absolute Gasteiger partial charge is 0.490 e. The van der Waals surface area contributed by atoms with Crippen molar-refractivity contribution in [3.63, 3.8) is 0 Å². The highest BCUT2D eigenvalue weighted by molar-refractivity contribution is 6.14. The van der Waals surface area contributed by atoms with Crippen LogP contribution in [-0.2, 0) is 11.8 Å². The topological polar surface area (TPSA) is 96.7 Å². The number of fused-ring (bicyclic) bond motifs is 4. The molecule has 0 radical (unpaired) electrons. The zero-order valence-corrected chi connectivity index (χ0v) is 19.1. The first-order valence-electron chi connectivity index (χ1n) is 10.9. The third-order valence-electron chi connectivity index (χ3n) is 5.83. The molecule has 6 rings (SSSR count). The van der Waals surface area contributed by atoms with E-state index in [0.29, 0.717) is 11.2 Å². The fourth-order valence-electron chi connectivity index (χ4n) is 4.13. The molecule has 0 aliphatic rings. The van der Waals surface area contributed by atoms with Crippen LogP contribution >= 0.6 is 0 Å². The van der Waals surface area contributed by atoms with E-state index < -0.39 is 12.1 Å². The number of aromatic amines is 1. The van der Waals surface area contributed by atoms with Crippen LogP contribution in [0.15, 0.2) is 73.4 Å². The Morgan fingerprint density at radius 3 is 2.51 bits per heavy atom. The molecule has 0 fully saturated rings. The molecule has 5 heterocycles. The number of aliphatic carboxylic acids is 1. The van der Waals surface area contributed by atoms with Gasteiger partial charge >= 0.3 is 12.1 Å². The molecule has 0 spiro atoms. The molecule has 0 amide bonds. The van der Waals surface area contributed by atoms with Crippen molar-refractivity contribution in [1.29, 1.82) is 0 Å². The number of carboxylic acids is 1. The number of carbonyl (C=O) groups is 1. The number of pyridine rings is 3. The highest BCUT2D eigenvalue weighted by Crippen LogP contribution is 2.37. The van der Waals surface area contributed by atoms with E-state index in [2.05, 4.69) is 24.5 Å². The summed E-state index contributed by atoms with van der Waals surface area (Å²) in [6.45, 7) is 0. The van der Waals surface area contributed by atoms with Gasteiger partial charge in [0.2, 0.25) is 0 Å². The van der Waals surface area contributed by atoms with Gasteiger partial charge in [0.1, 0.15) is 11.5 Å². The number of hydrogen-bond donors (Lipinski definition) is 2. The van der Waals surface area contributed by atoms with Crippen LogP contribution in [0.25, 0.3) is 55.2 Å². The van der Waals surface area contributed by atoms with Gasteiger partial charge in [-0.1, -0.05) is 6.07 Å². The summed E-state index contributed by atoms with van der Waals surface area (Å²) < 4.78 is 48.9. The minimum atomic E-state index is -5.08. The second-order valence-corrected chi connectivity index (χ2v) is 8.19. The maximum atomic E-state index is 15.1. The lowest BCUT2D eigenvalue weighted by Crippen LogP contribution is -2.21. The van der Waals surface area contributed by atoms with Crippen molar-refractivity contribution in [3.05, 3.63) is 79.3 Å². The molecule has 5 aromatic heterocycles. The summed E-state index contributed by atoms with van der Waals surface area (Å²) in [5, 5.41) is 9.83. The maximum Gasteiger partial charge on any atom is 0.490 e. The predicted molar refractivity (Wildman–Crippen MR) is 130 cm³/mol. The molecule has 11 heteroatoms. The molecule has 186 valence electrons.